The fourth-order valence-corrected chi connectivity index (χ4v) is 8.92. The average molecular weight is 609 g/mol. The van der Waals surface area contributed by atoms with Crippen LogP contribution in [0, 0.1) is 29.6 Å². The van der Waals surface area contributed by atoms with Gasteiger partial charge in [0.25, 0.3) is 0 Å². The molecule has 244 valence electrons. The van der Waals surface area contributed by atoms with Crippen LogP contribution in [0.25, 0.3) is 0 Å². The average Bonchev–Trinajstić information content (AvgIpc) is 3.25. The van der Waals surface area contributed by atoms with E-state index in [9.17, 15) is 4.79 Å². The minimum atomic E-state index is -0.226. The van der Waals surface area contributed by atoms with E-state index < -0.39 is 0 Å². The monoisotopic (exact) mass is 608 g/mol. The fraction of sp³-hybridized carbons (Fsp3) is 0.806. The standard InChI is InChI=1S/C26H38O3S.C6H14O2.2C2H6/c1-17-13-19(29-22(28)16-30-12-11-27)14-18-15-21-25(4)9-6-8-24(2,3)20(25)7-10-26(21,5)23(17)18;1-3-8-6(2)4-5-7;2*1-2/h13-14,20-21,27H,6-12,15-16H2,1-5H3;6-7H,3-5H2,1-2H3;2*1-2H3/t20?,21?,25?,26-;;;/m0.../s1. The minimum absolute atomic E-state index is 0.0897. The first-order valence-corrected chi connectivity index (χ1v) is 17.8. The van der Waals surface area contributed by atoms with Crippen LogP contribution < -0.4 is 4.74 Å². The molecule has 42 heavy (non-hydrogen) atoms. The van der Waals surface area contributed by atoms with Crippen LogP contribution in [0.1, 0.15) is 124 Å². The number of thioether (sulfide) groups is 1. The quantitative estimate of drug-likeness (QED) is 0.166. The molecule has 2 N–H and O–H groups in total. The summed E-state index contributed by atoms with van der Waals surface area (Å²) < 4.78 is 10.8. The minimum Gasteiger partial charge on any atom is -0.426 e. The first-order valence-electron chi connectivity index (χ1n) is 16.7. The van der Waals surface area contributed by atoms with Crippen LogP contribution in [0.2, 0.25) is 0 Å². The van der Waals surface area contributed by atoms with E-state index in [2.05, 4.69) is 46.8 Å². The zero-order chi connectivity index (χ0) is 32.1. The van der Waals surface area contributed by atoms with Crippen LogP contribution in [0.4, 0.5) is 0 Å². The summed E-state index contributed by atoms with van der Waals surface area (Å²) in [6, 6.07) is 4.22. The number of aliphatic hydroxyl groups is 2. The Bertz CT molecular complexity index is 941. The van der Waals surface area contributed by atoms with Crippen molar-refractivity contribution in [2.24, 2.45) is 22.7 Å². The molecule has 3 aliphatic rings. The second-order valence-corrected chi connectivity index (χ2v) is 14.0. The molecular weight excluding hydrogens is 544 g/mol. The Balaban J connectivity index is 0.000000631. The van der Waals surface area contributed by atoms with Crippen molar-refractivity contribution in [3.63, 3.8) is 0 Å². The molecule has 0 bridgehead atoms. The van der Waals surface area contributed by atoms with Crippen molar-refractivity contribution >= 4 is 17.7 Å². The van der Waals surface area contributed by atoms with Crippen molar-refractivity contribution in [3.05, 3.63) is 28.8 Å². The molecular formula is C36H64O5S. The molecule has 2 saturated carbocycles. The van der Waals surface area contributed by atoms with Gasteiger partial charge in [-0.1, -0.05) is 61.8 Å². The molecule has 3 aliphatic carbocycles. The van der Waals surface area contributed by atoms with Gasteiger partial charge >= 0.3 is 5.97 Å². The fourth-order valence-electron chi connectivity index (χ4n) is 8.42. The Kier molecular flexibility index (Phi) is 16.7. The van der Waals surface area contributed by atoms with Gasteiger partial charge in [-0.3, -0.25) is 4.79 Å². The molecule has 0 spiro atoms. The zero-order valence-electron chi connectivity index (χ0n) is 28.9. The predicted octanol–water partition coefficient (Wildman–Crippen LogP) is 8.53. The Morgan fingerprint density at radius 2 is 1.69 bits per heavy atom. The van der Waals surface area contributed by atoms with Gasteiger partial charge in [0, 0.05) is 19.0 Å². The maximum Gasteiger partial charge on any atom is 0.321 e. The SMILES string of the molecule is CC.CC.CCOC(C)CCO.Cc1cc(OC(=O)CSCCO)cc2c1[C@@]1(C)CCC3C(C)(C)CCCC3(C)C1C2. The summed E-state index contributed by atoms with van der Waals surface area (Å²) in [7, 11) is 0. The van der Waals surface area contributed by atoms with E-state index in [1.54, 1.807) is 0 Å². The summed E-state index contributed by atoms with van der Waals surface area (Å²) in [4.78, 5) is 12.2. The van der Waals surface area contributed by atoms with Crippen LogP contribution in [-0.2, 0) is 21.4 Å². The van der Waals surface area contributed by atoms with E-state index in [1.807, 2.05) is 41.5 Å². The number of hydrogen-bond donors (Lipinski definition) is 2. The van der Waals surface area contributed by atoms with Crippen LogP contribution in [0.3, 0.4) is 0 Å². The lowest BCUT2D eigenvalue weighted by molar-refractivity contribution is -0.131. The molecule has 5 atom stereocenters. The Morgan fingerprint density at radius 3 is 2.29 bits per heavy atom. The molecule has 6 heteroatoms. The van der Waals surface area contributed by atoms with Gasteiger partial charge in [-0.05, 0) is 116 Å². The normalized spacial score (nSPS) is 27.3. The molecule has 1 aromatic rings. The third-order valence-corrected chi connectivity index (χ3v) is 10.8. The maximum atomic E-state index is 12.2. The number of rotatable bonds is 9. The summed E-state index contributed by atoms with van der Waals surface area (Å²) in [6.45, 7) is 25.2. The zero-order valence-corrected chi connectivity index (χ0v) is 29.7. The lowest BCUT2D eigenvalue weighted by Crippen LogP contribution is -2.55. The van der Waals surface area contributed by atoms with Crippen molar-refractivity contribution in [2.75, 3.05) is 31.3 Å². The van der Waals surface area contributed by atoms with Gasteiger partial charge in [-0.15, -0.1) is 11.8 Å². The molecule has 0 aromatic heterocycles. The molecule has 1 aromatic carbocycles. The Labute approximate surface area is 262 Å². The van der Waals surface area contributed by atoms with Crippen molar-refractivity contribution in [1.29, 1.82) is 0 Å². The van der Waals surface area contributed by atoms with Gasteiger partial charge in [0.2, 0.25) is 0 Å². The van der Waals surface area contributed by atoms with Crippen molar-refractivity contribution < 1.29 is 24.5 Å². The second kappa shape index (κ2) is 18.0. The van der Waals surface area contributed by atoms with Crippen LogP contribution in [-0.4, -0.2) is 53.6 Å². The van der Waals surface area contributed by atoms with E-state index in [0.29, 0.717) is 28.3 Å². The van der Waals surface area contributed by atoms with Gasteiger partial charge in [0.1, 0.15) is 5.75 Å². The molecule has 2 fully saturated rings. The predicted molar refractivity (Wildman–Crippen MR) is 180 cm³/mol. The second-order valence-electron chi connectivity index (χ2n) is 12.9. The van der Waals surface area contributed by atoms with E-state index in [-0.39, 0.29) is 36.5 Å². The summed E-state index contributed by atoms with van der Waals surface area (Å²) in [5.41, 5.74) is 5.27. The number of aliphatic hydroxyl groups excluding tert-OH is 2. The smallest absolute Gasteiger partial charge is 0.321 e. The molecule has 0 saturated heterocycles. The van der Waals surface area contributed by atoms with Crippen molar-refractivity contribution in [2.45, 2.75) is 133 Å². The number of carbonyl (C=O) groups excluding carboxylic acids is 1. The van der Waals surface area contributed by atoms with Gasteiger partial charge in [-0.25, -0.2) is 0 Å². The van der Waals surface area contributed by atoms with E-state index in [0.717, 1.165) is 25.4 Å². The number of ether oxygens (including phenoxy) is 2. The maximum absolute atomic E-state index is 12.2. The van der Waals surface area contributed by atoms with Crippen molar-refractivity contribution in [3.8, 4) is 5.75 Å². The van der Waals surface area contributed by atoms with E-state index in [4.69, 9.17) is 19.7 Å². The highest BCUT2D eigenvalue weighted by atomic mass is 32.2. The summed E-state index contributed by atoms with van der Waals surface area (Å²) in [5, 5.41) is 17.3. The first kappa shape index (κ1) is 38.9. The summed E-state index contributed by atoms with van der Waals surface area (Å²) >= 11 is 1.41. The number of hydrogen-bond acceptors (Lipinski definition) is 6. The van der Waals surface area contributed by atoms with Gasteiger partial charge < -0.3 is 19.7 Å². The summed E-state index contributed by atoms with van der Waals surface area (Å²) in [6.07, 6.45) is 8.71. The molecule has 4 rings (SSSR count). The number of esters is 1. The highest BCUT2D eigenvalue weighted by Crippen LogP contribution is 2.67. The molecule has 0 radical (unpaired) electrons. The highest BCUT2D eigenvalue weighted by Gasteiger charge is 2.61. The van der Waals surface area contributed by atoms with Gasteiger partial charge in [0.15, 0.2) is 0 Å². The Hall–Kier alpha value is -1.08. The summed E-state index contributed by atoms with van der Waals surface area (Å²) in [5.74, 6) is 2.78. The molecule has 4 unspecified atom stereocenters. The van der Waals surface area contributed by atoms with E-state index in [1.165, 1.54) is 60.6 Å². The first-order chi connectivity index (χ1) is 19.9. The van der Waals surface area contributed by atoms with Crippen LogP contribution in [0.5, 0.6) is 5.75 Å². The third kappa shape index (κ3) is 9.22. The Morgan fingerprint density at radius 1 is 1.02 bits per heavy atom. The van der Waals surface area contributed by atoms with Crippen LogP contribution in [0.15, 0.2) is 12.1 Å². The number of benzene rings is 1. The van der Waals surface area contributed by atoms with Gasteiger partial charge in [0.05, 0.1) is 18.5 Å². The molecule has 5 nitrogen and oxygen atoms in total. The lowest BCUT2D eigenvalue weighted by Gasteiger charge is -2.61. The topological polar surface area (TPSA) is 76.0 Å². The highest BCUT2D eigenvalue weighted by molar-refractivity contribution is 7.99. The molecule has 0 amide bonds. The number of carbonyl (C=O) groups is 1. The van der Waals surface area contributed by atoms with Crippen LogP contribution >= 0.6 is 11.8 Å². The van der Waals surface area contributed by atoms with Gasteiger partial charge in [-0.2, -0.15) is 0 Å². The molecule has 0 aliphatic heterocycles. The van der Waals surface area contributed by atoms with E-state index >= 15 is 0 Å². The number of aryl methyl sites for hydroxylation is 1. The third-order valence-electron chi connectivity index (χ3n) is 9.85. The largest absolute Gasteiger partial charge is 0.426 e. The van der Waals surface area contributed by atoms with Crippen molar-refractivity contribution in [1.82, 2.24) is 0 Å². The lowest BCUT2D eigenvalue weighted by atomic mass is 9.43. The molecule has 0 heterocycles. The number of fused-ring (bicyclic) bond motifs is 5.